The molecule has 0 bridgehead atoms. The first kappa shape index (κ1) is 14.5. The Morgan fingerprint density at radius 2 is 2.21 bits per heavy atom. The number of carbonyl (C=O) groups is 1. The first-order chi connectivity index (χ1) is 9.02. The molecular weight excluding hydrogens is 325 g/mol. The van der Waals surface area contributed by atoms with Gasteiger partial charge in [-0.1, -0.05) is 29.3 Å². The third kappa shape index (κ3) is 3.17. The maximum absolute atomic E-state index is 11.9. The van der Waals surface area contributed by atoms with Gasteiger partial charge in [-0.3, -0.25) is 0 Å². The highest BCUT2D eigenvalue weighted by Gasteiger charge is 2.19. The lowest BCUT2D eigenvalue weighted by Crippen LogP contribution is -2.06. The van der Waals surface area contributed by atoms with Crippen molar-refractivity contribution in [3.8, 4) is 10.4 Å². The average molecular weight is 334 g/mol. The minimum absolute atomic E-state index is 0.295. The zero-order valence-corrected chi connectivity index (χ0v) is 13.0. The molecule has 1 aromatic heterocycles. The second-order valence-electron chi connectivity index (χ2n) is 3.56. The number of benzene rings is 1. The van der Waals surface area contributed by atoms with Crippen LogP contribution >= 0.6 is 46.8 Å². The van der Waals surface area contributed by atoms with Gasteiger partial charge in [0.1, 0.15) is 5.69 Å². The van der Waals surface area contributed by atoms with Crippen LogP contribution in [0.1, 0.15) is 17.4 Å². The number of esters is 1. The molecule has 0 atom stereocenters. The number of H-pyrrole nitrogens is 1. The molecule has 0 unspecified atom stereocenters. The summed E-state index contributed by atoms with van der Waals surface area (Å²) in [5.41, 5.74) is 1.02. The van der Waals surface area contributed by atoms with Crippen LogP contribution in [0.4, 0.5) is 0 Å². The number of rotatable bonds is 3. The summed E-state index contributed by atoms with van der Waals surface area (Å²) in [7, 11) is 0. The van der Waals surface area contributed by atoms with E-state index >= 15 is 0 Å². The summed E-state index contributed by atoms with van der Waals surface area (Å²) in [4.78, 5) is 15.4. The quantitative estimate of drug-likeness (QED) is 0.637. The number of aromatic nitrogens is 1. The minimum Gasteiger partial charge on any atom is -0.461 e. The number of carbonyl (C=O) groups excluding carboxylic acids is 1. The van der Waals surface area contributed by atoms with E-state index in [9.17, 15) is 4.79 Å². The van der Waals surface area contributed by atoms with Crippen molar-refractivity contribution in [2.45, 2.75) is 6.92 Å². The van der Waals surface area contributed by atoms with E-state index in [-0.39, 0.29) is 0 Å². The number of aromatic amines is 1. The van der Waals surface area contributed by atoms with Crippen LogP contribution < -0.4 is 0 Å². The summed E-state index contributed by atoms with van der Waals surface area (Å²) in [5.74, 6) is -0.448. The molecular formula is C12H9Cl2NO2S2. The summed E-state index contributed by atoms with van der Waals surface area (Å²) in [6, 6.07) is 5.08. The van der Waals surface area contributed by atoms with Gasteiger partial charge in [0.2, 0.25) is 0 Å². The van der Waals surface area contributed by atoms with Crippen molar-refractivity contribution in [2.24, 2.45) is 0 Å². The highest BCUT2D eigenvalue weighted by atomic mass is 35.5. The van der Waals surface area contributed by atoms with Crippen molar-refractivity contribution < 1.29 is 9.53 Å². The number of nitrogens with one attached hydrogen (secondary N) is 1. The molecule has 0 saturated heterocycles. The van der Waals surface area contributed by atoms with Crippen LogP contribution in [0, 0.1) is 3.95 Å². The van der Waals surface area contributed by atoms with E-state index in [2.05, 4.69) is 4.98 Å². The second-order valence-corrected chi connectivity index (χ2v) is 6.09. The van der Waals surface area contributed by atoms with Crippen LogP contribution in [-0.2, 0) is 4.74 Å². The normalized spacial score (nSPS) is 10.5. The third-order valence-electron chi connectivity index (χ3n) is 2.30. The van der Waals surface area contributed by atoms with Gasteiger partial charge in [0, 0.05) is 10.6 Å². The van der Waals surface area contributed by atoms with E-state index in [1.165, 1.54) is 11.3 Å². The highest BCUT2D eigenvalue weighted by molar-refractivity contribution is 7.73. The SMILES string of the molecule is CCOC(=O)c1[nH]c(=S)sc1-c1ccc(Cl)cc1Cl. The third-order valence-corrected chi connectivity index (χ3v) is 4.12. The molecule has 3 nitrogen and oxygen atoms in total. The number of ether oxygens (including phenoxy) is 1. The zero-order valence-electron chi connectivity index (χ0n) is 9.83. The lowest BCUT2D eigenvalue weighted by molar-refractivity contribution is 0.0521. The predicted molar refractivity (Wildman–Crippen MR) is 80.9 cm³/mol. The fourth-order valence-electron chi connectivity index (χ4n) is 1.54. The van der Waals surface area contributed by atoms with Crippen molar-refractivity contribution in [3.05, 3.63) is 37.9 Å². The average Bonchev–Trinajstić information content (AvgIpc) is 2.71. The van der Waals surface area contributed by atoms with Gasteiger partial charge in [-0.05, 0) is 31.3 Å². The van der Waals surface area contributed by atoms with Crippen LogP contribution in [0.5, 0.6) is 0 Å². The van der Waals surface area contributed by atoms with Crippen LogP contribution in [-0.4, -0.2) is 17.6 Å². The highest BCUT2D eigenvalue weighted by Crippen LogP contribution is 2.35. The summed E-state index contributed by atoms with van der Waals surface area (Å²) < 4.78 is 5.48. The van der Waals surface area contributed by atoms with E-state index in [0.29, 0.717) is 36.7 Å². The number of thiazole rings is 1. The number of hydrogen-bond acceptors (Lipinski definition) is 4. The predicted octanol–water partition coefficient (Wildman–Crippen LogP) is 4.96. The van der Waals surface area contributed by atoms with Crippen molar-refractivity contribution in [1.29, 1.82) is 0 Å². The van der Waals surface area contributed by atoms with Gasteiger partial charge in [0.15, 0.2) is 3.95 Å². The topological polar surface area (TPSA) is 42.1 Å². The Morgan fingerprint density at radius 1 is 1.47 bits per heavy atom. The van der Waals surface area contributed by atoms with E-state index in [1.807, 2.05) is 0 Å². The van der Waals surface area contributed by atoms with Gasteiger partial charge < -0.3 is 9.72 Å². The van der Waals surface area contributed by atoms with Gasteiger partial charge >= 0.3 is 5.97 Å². The molecule has 0 aliphatic rings. The van der Waals surface area contributed by atoms with E-state index in [0.717, 1.165) is 0 Å². The molecule has 0 aliphatic carbocycles. The molecule has 0 radical (unpaired) electrons. The van der Waals surface area contributed by atoms with Gasteiger partial charge in [-0.15, -0.1) is 11.3 Å². The maximum Gasteiger partial charge on any atom is 0.356 e. The molecule has 0 amide bonds. The molecule has 1 aromatic carbocycles. The van der Waals surface area contributed by atoms with Crippen LogP contribution in [0.3, 0.4) is 0 Å². The fraction of sp³-hybridized carbons (Fsp3) is 0.167. The van der Waals surface area contributed by atoms with Gasteiger partial charge in [0.05, 0.1) is 16.5 Å². The number of halogens is 2. The van der Waals surface area contributed by atoms with E-state index in [4.69, 9.17) is 40.2 Å². The molecule has 0 saturated carbocycles. The van der Waals surface area contributed by atoms with Gasteiger partial charge in [-0.2, -0.15) is 0 Å². The molecule has 1 N–H and O–H groups in total. The summed E-state index contributed by atoms with van der Waals surface area (Å²) in [6.45, 7) is 2.04. The lowest BCUT2D eigenvalue weighted by atomic mass is 10.1. The molecule has 2 rings (SSSR count). The Hall–Kier alpha value is -0.880. The second kappa shape index (κ2) is 6.05. The zero-order chi connectivity index (χ0) is 14.0. The molecule has 0 aliphatic heterocycles. The van der Waals surface area contributed by atoms with Crippen LogP contribution in [0.25, 0.3) is 10.4 Å². The van der Waals surface area contributed by atoms with Crippen molar-refractivity contribution in [2.75, 3.05) is 6.61 Å². The summed E-state index contributed by atoms with van der Waals surface area (Å²) in [6.07, 6.45) is 0. The Bertz CT molecular complexity index is 679. The lowest BCUT2D eigenvalue weighted by Gasteiger charge is -2.05. The molecule has 2 aromatic rings. The Balaban J connectivity index is 2.56. The smallest absolute Gasteiger partial charge is 0.356 e. The van der Waals surface area contributed by atoms with Crippen molar-refractivity contribution >= 4 is 52.7 Å². The monoisotopic (exact) mass is 333 g/mol. The largest absolute Gasteiger partial charge is 0.461 e. The van der Waals surface area contributed by atoms with Crippen LogP contribution in [0.2, 0.25) is 10.0 Å². The van der Waals surface area contributed by atoms with Crippen molar-refractivity contribution in [3.63, 3.8) is 0 Å². The molecule has 0 spiro atoms. The fourth-order valence-corrected chi connectivity index (χ4v) is 3.31. The first-order valence-electron chi connectivity index (χ1n) is 5.38. The molecule has 7 heteroatoms. The van der Waals surface area contributed by atoms with Gasteiger partial charge in [0.25, 0.3) is 0 Å². The Labute approximate surface area is 129 Å². The summed E-state index contributed by atoms with van der Waals surface area (Å²) in [5, 5.41) is 0.994. The minimum atomic E-state index is -0.448. The first-order valence-corrected chi connectivity index (χ1v) is 7.36. The molecule has 19 heavy (non-hydrogen) atoms. The Kier molecular flexibility index (Phi) is 4.62. The standard InChI is InChI=1S/C12H9Cl2NO2S2/c1-2-17-11(16)9-10(19-12(18)15-9)7-4-3-6(13)5-8(7)14/h3-5H,2H2,1H3,(H,15,18). The van der Waals surface area contributed by atoms with Crippen LogP contribution in [0.15, 0.2) is 18.2 Å². The Morgan fingerprint density at radius 3 is 2.84 bits per heavy atom. The van der Waals surface area contributed by atoms with Gasteiger partial charge in [-0.25, -0.2) is 4.79 Å². The molecule has 100 valence electrons. The molecule has 0 fully saturated rings. The summed E-state index contributed by atoms with van der Waals surface area (Å²) >= 11 is 18.4. The molecule has 1 heterocycles. The van der Waals surface area contributed by atoms with E-state index < -0.39 is 5.97 Å². The maximum atomic E-state index is 11.9. The van der Waals surface area contributed by atoms with E-state index in [1.54, 1.807) is 25.1 Å². The van der Waals surface area contributed by atoms with Crippen molar-refractivity contribution in [1.82, 2.24) is 4.98 Å². The number of hydrogen-bond donors (Lipinski definition) is 1.